The number of aromatic amines is 1. The van der Waals surface area contributed by atoms with E-state index in [4.69, 9.17) is 37.4 Å². The van der Waals surface area contributed by atoms with Crippen LogP contribution in [-0.2, 0) is 17.7 Å². The summed E-state index contributed by atoms with van der Waals surface area (Å²) in [7, 11) is 3.10. The number of hydrogen-bond acceptors (Lipinski definition) is 6. The number of benzene rings is 4. The van der Waals surface area contributed by atoms with Gasteiger partial charge in [0.2, 0.25) is 0 Å². The van der Waals surface area contributed by atoms with Gasteiger partial charge in [-0.15, -0.1) is 0 Å². The van der Waals surface area contributed by atoms with E-state index in [1.165, 1.54) is 6.07 Å². The summed E-state index contributed by atoms with van der Waals surface area (Å²) < 4.78 is 30.9. The number of aromatic nitrogens is 1. The highest BCUT2D eigenvalue weighted by atomic mass is 35.5. The third-order valence-electron chi connectivity index (χ3n) is 7.16. The number of pyridine rings is 1. The molecule has 5 aromatic rings. The summed E-state index contributed by atoms with van der Waals surface area (Å²) in [5.41, 5.74) is 4.91. The van der Waals surface area contributed by atoms with Crippen LogP contribution in [-0.4, -0.2) is 25.7 Å². The van der Waals surface area contributed by atoms with Gasteiger partial charge in [0, 0.05) is 18.5 Å². The zero-order chi connectivity index (χ0) is 31.1. The highest BCUT2D eigenvalue weighted by molar-refractivity contribution is 6.35. The summed E-state index contributed by atoms with van der Waals surface area (Å²) in [6.07, 6.45) is 2.75. The second kappa shape index (κ2) is 15.4. The average molecular weight is 650 g/mol. The highest BCUT2D eigenvalue weighted by Crippen LogP contribution is 2.35. The van der Waals surface area contributed by atoms with E-state index in [1.54, 1.807) is 69.1 Å². The minimum absolute atomic E-state index is 0. The maximum absolute atomic E-state index is 13.9. The molecule has 45 heavy (non-hydrogen) atoms. The Morgan fingerprint density at radius 2 is 1.56 bits per heavy atom. The lowest BCUT2D eigenvalue weighted by molar-refractivity contribution is -0.377. The average Bonchev–Trinajstić information content (AvgIpc) is 3.05. The van der Waals surface area contributed by atoms with Gasteiger partial charge in [0.1, 0.15) is 22.0 Å². The van der Waals surface area contributed by atoms with Crippen LogP contribution in [0.2, 0.25) is 10.0 Å². The van der Waals surface area contributed by atoms with Crippen LogP contribution in [0.5, 0.6) is 11.5 Å². The SMILES string of the molecule is COc1ccc([C@H](Cc2c(Cl)c[nH+]cc2Cl)OC(=O)c2cccc(-c3ccc(CNc4ccccc4F)cc3)c2)cc1OC.[OH-]. The van der Waals surface area contributed by atoms with E-state index in [-0.39, 0.29) is 17.7 Å². The van der Waals surface area contributed by atoms with Gasteiger partial charge in [-0.3, -0.25) is 0 Å². The molecule has 0 aliphatic carbocycles. The van der Waals surface area contributed by atoms with E-state index in [0.29, 0.717) is 50.5 Å². The van der Waals surface area contributed by atoms with Crippen LogP contribution in [0, 0.1) is 5.82 Å². The summed E-state index contributed by atoms with van der Waals surface area (Å²) in [5.74, 6) is 0.245. The molecule has 0 bridgehead atoms. The lowest BCUT2D eigenvalue weighted by atomic mass is 10.00. The lowest BCUT2D eigenvalue weighted by Crippen LogP contribution is -2.16. The first kappa shape index (κ1) is 33.3. The molecule has 0 aliphatic heterocycles. The molecule has 0 amide bonds. The van der Waals surface area contributed by atoms with Crippen molar-refractivity contribution in [3.63, 3.8) is 0 Å². The van der Waals surface area contributed by atoms with Crippen LogP contribution in [0.25, 0.3) is 11.1 Å². The Hall–Kier alpha value is -4.63. The molecule has 0 fully saturated rings. The first-order valence-electron chi connectivity index (χ1n) is 13.8. The van der Waals surface area contributed by atoms with Gasteiger partial charge >= 0.3 is 5.97 Å². The standard InChI is InChI=1S/C35H29Cl2FN2O4.H2O/c1-42-32-15-14-25(17-34(32)43-2)33(18-27-28(36)20-39-21-29(27)37)44-35(41)26-7-5-6-24(16-26)23-12-10-22(11-13-23)19-40-31-9-4-3-8-30(31)38;/h3-17,20-21,33,40H,18-19H2,1-2H3;1H2/t33-;/m0./s1. The molecular formula is C35H31Cl2FN2O5. The molecule has 232 valence electrons. The fourth-order valence-corrected chi connectivity index (χ4v) is 5.31. The molecule has 1 atom stereocenters. The molecule has 1 heterocycles. The predicted octanol–water partition coefficient (Wildman–Crippen LogP) is 8.21. The van der Waals surface area contributed by atoms with Crippen LogP contribution in [0.1, 0.15) is 33.2 Å². The molecule has 5 rings (SSSR count). The Bertz CT molecular complexity index is 1750. The van der Waals surface area contributed by atoms with Crippen LogP contribution in [0.4, 0.5) is 10.1 Å². The summed E-state index contributed by atoms with van der Waals surface area (Å²) in [6, 6.07) is 27.0. The summed E-state index contributed by atoms with van der Waals surface area (Å²) >= 11 is 12.9. The number of H-pyrrole nitrogens is 1. The van der Waals surface area contributed by atoms with Crippen LogP contribution >= 0.6 is 23.2 Å². The molecule has 0 saturated heterocycles. The minimum atomic E-state index is -0.732. The second-order valence-corrected chi connectivity index (χ2v) is 10.8. The first-order chi connectivity index (χ1) is 21.4. The van der Waals surface area contributed by atoms with Crippen molar-refractivity contribution < 1.29 is 33.9 Å². The van der Waals surface area contributed by atoms with Gasteiger partial charge in [0.15, 0.2) is 23.9 Å². The molecule has 3 N–H and O–H groups in total. The highest BCUT2D eigenvalue weighted by Gasteiger charge is 2.24. The molecular weight excluding hydrogens is 618 g/mol. The summed E-state index contributed by atoms with van der Waals surface area (Å²) in [6.45, 7) is 0.471. The van der Waals surface area contributed by atoms with Crippen LogP contribution in [0.15, 0.2) is 103 Å². The Kier molecular flexibility index (Phi) is 11.4. The number of carbonyl (C=O) groups excluding carboxylic acids is 1. The molecule has 10 heteroatoms. The molecule has 1 aromatic heterocycles. The quantitative estimate of drug-likeness (QED) is 0.145. The zero-order valence-corrected chi connectivity index (χ0v) is 26.0. The molecule has 0 spiro atoms. The normalized spacial score (nSPS) is 11.2. The molecule has 0 unspecified atom stereocenters. The molecule has 7 nitrogen and oxygen atoms in total. The van der Waals surface area contributed by atoms with Gasteiger partial charge in [0.25, 0.3) is 0 Å². The predicted molar refractivity (Wildman–Crippen MR) is 172 cm³/mol. The number of methoxy groups -OCH3 is 2. The van der Waals surface area contributed by atoms with Gasteiger partial charge in [0.05, 0.1) is 25.5 Å². The summed E-state index contributed by atoms with van der Waals surface area (Å²) in [5, 5.41) is 3.96. The van der Waals surface area contributed by atoms with Crippen molar-refractivity contribution in [3.05, 3.63) is 142 Å². The fourth-order valence-electron chi connectivity index (χ4n) is 4.78. The number of nitrogens with one attached hydrogen (secondary N) is 2. The summed E-state index contributed by atoms with van der Waals surface area (Å²) in [4.78, 5) is 16.5. The molecule has 0 saturated carbocycles. The number of hydrogen-bond donors (Lipinski definition) is 1. The van der Waals surface area contributed by atoms with E-state index >= 15 is 0 Å². The smallest absolute Gasteiger partial charge is 0.338 e. The number of ether oxygens (including phenoxy) is 3. The lowest BCUT2D eigenvalue weighted by Gasteiger charge is -2.21. The first-order valence-corrected chi connectivity index (χ1v) is 14.6. The van der Waals surface area contributed by atoms with E-state index in [1.807, 2.05) is 42.5 Å². The Labute approximate surface area is 270 Å². The maximum atomic E-state index is 13.9. The van der Waals surface area contributed by atoms with Crippen molar-refractivity contribution in [3.8, 4) is 22.6 Å². The number of halogens is 3. The number of esters is 1. The number of carbonyl (C=O) groups is 1. The minimum Gasteiger partial charge on any atom is -0.870 e. The van der Waals surface area contributed by atoms with E-state index in [9.17, 15) is 9.18 Å². The van der Waals surface area contributed by atoms with E-state index in [2.05, 4.69) is 10.3 Å². The number of rotatable bonds is 11. The van der Waals surface area contributed by atoms with Gasteiger partial charge < -0.3 is 25.0 Å². The second-order valence-electron chi connectivity index (χ2n) is 9.95. The Morgan fingerprint density at radius 3 is 2.24 bits per heavy atom. The van der Waals surface area contributed by atoms with Crippen LogP contribution < -0.4 is 19.8 Å². The zero-order valence-electron chi connectivity index (χ0n) is 24.5. The van der Waals surface area contributed by atoms with Gasteiger partial charge in [-0.05, 0) is 58.7 Å². The van der Waals surface area contributed by atoms with Crippen molar-refractivity contribution in [1.29, 1.82) is 0 Å². The fraction of sp³-hybridized carbons (Fsp3) is 0.143. The van der Waals surface area contributed by atoms with Crippen molar-refractivity contribution in [1.82, 2.24) is 0 Å². The Morgan fingerprint density at radius 1 is 0.844 bits per heavy atom. The molecule has 4 aromatic carbocycles. The van der Waals surface area contributed by atoms with Gasteiger partial charge in [-0.25, -0.2) is 14.2 Å². The number of para-hydroxylation sites is 1. The Balaban J connectivity index is 0.00000461. The van der Waals surface area contributed by atoms with E-state index in [0.717, 1.165) is 16.7 Å². The van der Waals surface area contributed by atoms with E-state index < -0.39 is 12.1 Å². The monoisotopic (exact) mass is 648 g/mol. The third-order valence-corrected chi connectivity index (χ3v) is 7.83. The molecule has 0 radical (unpaired) electrons. The third kappa shape index (κ3) is 8.10. The van der Waals surface area contributed by atoms with Crippen molar-refractivity contribution in [2.45, 2.75) is 19.1 Å². The maximum Gasteiger partial charge on any atom is 0.338 e. The topological polar surface area (TPSA) is 101 Å². The largest absolute Gasteiger partial charge is 0.870 e. The van der Waals surface area contributed by atoms with Crippen molar-refractivity contribution >= 4 is 34.9 Å². The van der Waals surface area contributed by atoms with Crippen molar-refractivity contribution in [2.75, 3.05) is 19.5 Å². The van der Waals surface area contributed by atoms with Gasteiger partial charge in [-0.2, -0.15) is 0 Å². The van der Waals surface area contributed by atoms with Crippen LogP contribution in [0.3, 0.4) is 0 Å². The molecule has 0 aliphatic rings. The number of anilines is 1. The van der Waals surface area contributed by atoms with Gasteiger partial charge in [-0.1, -0.05) is 77.8 Å². The van der Waals surface area contributed by atoms with Crippen molar-refractivity contribution in [2.24, 2.45) is 0 Å².